The number of thioether (sulfide) groups is 1. The van der Waals surface area contributed by atoms with Crippen LogP contribution in [0, 0.1) is 13.8 Å². The molecule has 0 aliphatic rings. The predicted molar refractivity (Wildman–Crippen MR) is 147 cm³/mol. The number of carbonyl (C=O) groups excluding carboxylic acids is 3. The monoisotopic (exact) mass is 580 g/mol. The minimum atomic E-state index is -0.619. The van der Waals surface area contributed by atoms with Crippen LogP contribution in [0.25, 0.3) is 0 Å². The topological polar surface area (TPSA) is 122 Å². The molecule has 0 saturated carbocycles. The minimum absolute atomic E-state index is 0.00321. The van der Waals surface area contributed by atoms with Gasteiger partial charge in [0.05, 0.1) is 24.5 Å². The van der Waals surface area contributed by atoms with Crippen molar-refractivity contribution in [2.75, 3.05) is 24.3 Å². The molecule has 13 heteroatoms. The fourth-order valence-electron chi connectivity index (χ4n) is 3.50. The van der Waals surface area contributed by atoms with Gasteiger partial charge in [0.15, 0.2) is 11.0 Å². The number of hydrogen-bond acceptors (Lipinski definition) is 10. The first-order chi connectivity index (χ1) is 18.2. The van der Waals surface area contributed by atoms with Gasteiger partial charge in [-0.05, 0) is 63.9 Å². The predicted octanol–water partition coefficient (Wildman–Crippen LogP) is 5.29. The van der Waals surface area contributed by atoms with E-state index in [1.807, 2.05) is 24.5 Å². The summed E-state index contributed by atoms with van der Waals surface area (Å²) in [6.45, 7) is 9.97. The second-order valence-electron chi connectivity index (χ2n) is 7.88. The summed E-state index contributed by atoms with van der Waals surface area (Å²) in [5.41, 5.74) is 1.46. The fourth-order valence-corrected chi connectivity index (χ4v) is 5.65. The molecule has 1 aromatic carbocycles. The molecule has 0 radical (unpaired) electrons. The number of carbonyl (C=O) groups is 3. The summed E-state index contributed by atoms with van der Waals surface area (Å²) < 4.78 is 18.0. The lowest BCUT2D eigenvalue weighted by Gasteiger charge is -2.11. The largest absolute Gasteiger partial charge is 0.485 e. The molecule has 0 atom stereocenters. The van der Waals surface area contributed by atoms with Gasteiger partial charge in [-0.2, -0.15) is 0 Å². The average molecular weight is 581 g/mol. The molecule has 3 aromatic rings. The molecule has 3 rings (SSSR count). The van der Waals surface area contributed by atoms with Gasteiger partial charge < -0.3 is 24.1 Å². The zero-order valence-electron chi connectivity index (χ0n) is 21.8. The maximum atomic E-state index is 12.8. The Morgan fingerprint density at radius 1 is 1.08 bits per heavy atom. The summed E-state index contributed by atoms with van der Waals surface area (Å²) in [5, 5.41) is 12.6. The molecular weight excluding hydrogens is 552 g/mol. The Hall–Kier alpha value is -3.09. The third kappa shape index (κ3) is 7.06. The lowest BCUT2D eigenvalue weighted by Crippen LogP contribution is -2.17. The van der Waals surface area contributed by atoms with Crippen molar-refractivity contribution >= 4 is 57.5 Å². The van der Waals surface area contributed by atoms with Crippen LogP contribution in [0.15, 0.2) is 23.4 Å². The Morgan fingerprint density at radius 3 is 2.45 bits per heavy atom. The van der Waals surface area contributed by atoms with Crippen molar-refractivity contribution in [3.05, 3.63) is 50.6 Å². The lowest BCUT2D eigenvalue weighted by atomic mass is 10.1. The van der Waals surface area contributed by atoms with Gasteiger partial charge in [0.25, 0.3) is 0 Å². The highest BCUT2D eigenvalue weighted by atomic mass is 35.5. The smallest absolute Gasteiger partial charge is 0.348 e. The van der Waals surface area contributed by atoms with Crippen LogP contribution in [0.5, 0.6) is 5.75 Å². The normalized spacial score (nSPS) is 10.8. The molecule has 1 amide bonds. The number of aryl methyl sites for hydroxylation is 1. The highest BCUT2D eigenvalue weighted by Gasteiger charge is 2.27. The third-order valence-corrected chi connectivity index (χ3v) is 7.67. The van der Waals surface area contributed by atoms with Gasteiger partial charge in [-0.1, -0.05) is 23.4 Å². The summed E-state index contributed by atoms with van der Waals surface area (Å²) in [4.78, 5) is 38.0. The fraction of sp³-hybridized carbons (Fsp3) is 0.400. The highest BCUT2D eigenvalue weighted by molar-refractivity contribution is 7.99. The van der Waals surface area contributed by atoms with Crippen LogP contribution in [-0.4, -0.2) is 51.6 Å². The summed E-state index contributed by atoms with van der Waals surface area (Å²) in [5.74, 6) is -0.247. The second-order valence-corrected chi connectivity index (χ2v) is 10.3. The number of nitrogens with zero attached hydrogens (tertiary/aromatic N) is 3. The van der Waals surface area contributed by atoms with Crippen molar-refractivity contribution in [3.63, 3.8) is 0 Å². The van der Waals surface area contributed by atoms with Crippen molar-refractivity contribution in [1.82, 2.24) is 14.8 Å². The van der Waals surface area contributed by atoms with Gasteiger partial charge in [0, 0.05) is 11.6 Å². The van der Waals surface area contributed by atoms with Crippen LogP contribution in [0.2, 0.25) is 5.02 Å². The zero-order valence-corrected chi connectivity index (χ0v) is 24.1. The van der Waals surface area contributed by atoms with Gasteiger partial charge in [-0.3, -0.25) is 4.79 Å². The molecule has 38 heavy (non-hydrogen) atoms. The Morgan fingerprint density at radius 2 is 1.79 bits per heavy atom. The Bertz CT molecular complexity index is 1320. The van der Waals surface area contributed by atoms with E-state index in [2.05, 4.69) is 15.5 Å². The summed E-state index contributed by atoms with van der Waals surface area (Å²) >= 11 is 8.19. The van der Waals surface area contributed by atoms with Gasteiger partial charge in [-0.15, -0.1) is 21.5 Å². The van der Waals surface area contributed by atoms with Crippen LogP contribution in [0.4, 0.5) is 5.00 Å². The van der Waals surface area contributed by atoms with Crippen LogP contribution < -0.4 is 10.1 Å². The van der Waals surface area contributed by atoms with Crippen LogP contribution in [0.3, 0.4) is 0 Å². The first-order valence-electron chi connectivity index (χ1n) is 11.9. The van der Waals surface area contributed by atoms with Crippen LogP contribution in [0.1, 0.15) is 57.8 Å². The number of rotatable bonds is 12. The van der Waals surface area contributed by atoms with E-state index in [-0.39, 0.29) is 46.9 Å². The van der Waals surface area contributed by atoms with Gasteiger partial charge in [0.2, 0.25) is 5.91 Å². The molecule has 0 saturated heterocycles. The number of aromatic nitrogens is 3. The molecule has 2 heterocycles. The highest BCUT2D eigenvalue weighted by Crippen LogP contribution is 2.34. The number of ether oxygens (including phenoxy) is 3. The lowest BCUT2D eigenvalue weighted by molar-refractivity contribution is -0.113. The maximum Gasteiger partial charge on any atom is 0.348 e. The van der Waals surface area contributed by atoms with E-state index in [0.29, 0.717) is 33.9 Å². The Balaban J connectivity index is 1.70. The average Bonchev–Trinajstić information content (AvgIpc) is 3.42. The summed E-state index contributed by atoms with van der Waals surface area (Å²) in [6.07, 6.45) is 0. The SMILES string of the molecule is CCOC(=O)c1sc(NC(=O)CSc2nnc(COc3ccc(Cl)cc3C)n2CC)c(C(=O)OCC)c1C. The molecule has 204 valence electrons. The van der Waals surface area contributed by atoms with Crippen LogP contribution >= 0.6 is 34.7 Å². The molecule has 0 fully saturated rings. The number of thiophene rings is 1. The van der Waals surface area contributed by atoms with Gasteiger partial charge in [-0.25, -0.2) is 9.59 Å². The minimum Gasteiger partial charge on any atom is -0.485 e. The molecular formula is C25H29ClN4O6S2. The summed E-state index contributed by atoms with van der Waals surface area (Å²) in [6, 6.07) is 5.38. The maximum absolute atomic E-state index is 12.8. The van der Waals surface area contributed by atoms with Crippen molar-refractivity contribution in [2.24, 2.45) is 0 Å². The van der Waals surface area contributed by atoms with E-state index in [9.17, 15) is 14.4 Å². The van der Waals surface area contributed by atoms with E-state index < -0.39 is 11.9 Å². The number of nitrogens with one attached hydrogen (secondary N) is 1. The molecule has 0 spiro atoms. The number of anilines is 1. The first-order valence-corrected chi connectivity index (χ1v) is 14.1. The van der Waals surface area contributed by atoms with E-state index in [0.717, 1.165) is 16.9 Å². The third-order valence-electron chi connectivity index (χ3n) is 5.28. The number of benzene rings is 1. The van der Waals surface area contributed by atoms with Gasteiger partial charge >= 0.3 is 11.9 Å². The van der Waals surface area contributed by atoms with E-state index in [1.165, 1.54) is 11.8 Å². The number of hydrogen-bond donors (Lipinski definition) is 1. The zero-order chi connectivity index (χ0) is 27.8. The Kier molecular flexibility index (Phi) is 10.6. The van der Waals surface area contributed by atoms with Crippen molar-refractivity contribution in [2.45, 2.75) is 52.9 Å². The van der Waals surface area contributed by atoms with E-state index in [1.54, 1.807) is 32.9 Å². The number of amides is 1. The molecule has 0 aliphatic heterocycles. The molecule has 10 nitrogen and oxygen atoms in total. The quantitative estimate of drug-likeness (QED) is 0.225. The molecule has 1 N–H and O–H groups in total. The summed E-state index contributed by atoms with van der Waals surface area (Å²) in [7, 11) is 0. The van der Waals surface area contributed by atoms with Crippen molar-refractivity contribution < 1.29 is 28.6 Å². The molecule has 0 aliphatic carbocycles. The molecule has 2 aromatic heterocycles. The number of esters is 2. The molecule has 0 bridgehead atoms. The van der Waals surface area contributed by atoms with Crippen LogP contribution in [-0.2, 0) is 27.4 Å². The van der Waals surface area contributed by atoms with E-state index in [4.69, 9.17) is 25.8 Å². The van der Waals surface area contributed by atoms with E-state index >= 15 is 0 Å². The number of halogens is 1. The van der Waals surface area contributed by atoms with Crippen molar-refractivity contribution in [3.8, 4) is 5.75 Å². The second kappa shape index (κ2) is 13.6. The standard InChI is InChI=1S/C25H29ClN4O6S2/c1-6-30-18(12-36-17-10-9-16(26)11-14(17)4)28-29-25(30)37-13-19(31)27-22-20(23(32)34-7-2)15(5)21(38-22)24(33)35-8-3/h9-11H,6-8,12-13H2,1-5H3,(H,27,31). The van der Waals surface area contributed by atoms with Gasteiger partial charge in [0.1, 0.15) is 22.2 Å². The first kappa shape index (κ1) is 29.5. The molecule has 0 unspecified atom stereocenters. The van der Waals surface area contributed by atoms with Crippen molar-refractivity contribution in [1.29, 1.82) is 0 Å². The Labute approximate surface area is 234 Å².